The van der Waals surface area contributed by atoms with Crippen LogP contribution in [0.2, 0.25) is 0 Å². The van der Waals surface area contributed by atoms with E-state index < -0.39 is 2.14 Å². The van der Waals surface area contributed by atoms with Gasteiger partial charge in [-0.25, -0.2) is 0 Å². The fourth-order valence-corrected chi connectivity index (χ4v) is 0.354. The van der Waals surface area contributed by atoms with Crippen molar-refractivity contribution in [2.24, 2.45) is 0 Å². The second-order valence-corrected chi connectivity index (χ2v) is 7.70. The van der Waals surface area contributed by atoms with Crippen molar-refractivity contribution in [2.75, 3.05) is 0 Å². The number of ether oxygens (including phenoxy) is 1. The lowest BCUT2D eigenvalue weighted by atomic mass is 10.8. The Morgan fingerprint density at radius 3 is 2.33 bits per heavy atom. The standard InChI is InChI=1S/C4HBr3O2/c5-4(6,7)1-2-9-3-8/h3H. The largest absolute Gasteiger partial charge is 0.375 e. The molecule has 0 amide bonds. The monoisotopic (exact) mass is 318 g/mol. The summed E-state index contributed by atoms with van der Waals surface area (Å²) in [5.74, 6) is 2.47. The molecule has 0 aliphatic heterocycles. The van der Waals surface area contributed by atoms with Crippen molar-refractivity contribution in [1.82, 2.24) is 0 Å². The number of hydrogen-bond donors (Lipinski definition) is 0. The molecule has 5 heteroatoms. The van der Waals surface area contributed by atoms with Gasteiger partial charge in [0.05, 0.1) is 0 Å². The first-order chi connectivity index (χ1) is 4.06. The maximum Gasteiger partial charge on any atom is 0.307 e. The van der Waals surface area contributed by atoms with E-state index in [1.165, 1.54) is 0 Å². The van der Waals surface area contributed by atoms with E-state index in [-0.39, 0.29) is 6.47 Å². The highest BCUT2D eigenvalue weighted by molar-refractivity contribution is 9.39. The smallest absolute Gasteiger partial charge is 0.307 e. The van der Waals surface area contributed by atoms with Crippen LogP contribution in [0.15, 0.2) is 0 Å². The number of rotatable bonds is 1. The first-order valence-electron chi connectivity index (χ1n) is 1.74. The Morgan fingerprint density at radius 1 is 1.44 bits per heavy atom. The van der Waals surface area contributed by atoms with Crippen molar-refractivity contribution >= 4 is 54.3 Å². The van der Waals surface area contributed by atoms with Crippen LogP contribution in [0.25, 0.3) is 0 Å². The van der Waals surface area contributed by atoms with E-state index in [0.717, 1.165) is 0 Å². The van der Waals surface area contributed by atoms with Gasteiger partial charge in [0.1, 0.15) is 6.11 Å². The summed E-state index contributed by atoms with van der Waals surface area (Å²) in [4.78, 5) is 9.52. The van der Waals surface area contributed by atoms with Crippen LogP contribution in [-0.2, 0) is 9.53 Å². The van der Waals surface area contributed by atoms with Gasteiger partial charge in [0.25, 0.3) is 0 Å². The maximum atomic E-state index is 9.52. The third-order valence-electron chi connectivity index (χ3n) is 0.300. The van der Waals surface area contributed by atoms with E-state index in [2.05, 4.69) is 64.6 Å². The number of hydrogen-bond acceptors (Lipinski definition) is 2. The molecule has 0 radical (unpaired) electrons. The molecular formula is C4HBr3O2. The van der Waals surface area contributed by atoms with E-state index in [1.54, 1.807) is 0 Å². The van der Waals surface area contributed by atoms with Gasteiger partial charge in [0.2, 0.25) is 0 Å². The topological polar surface area (TPSA) is 26.3 Å². The van der Waals surface area contributed by atoms with E-state index in [0.29, 0.717) is 0 Å². The van der Waals surface area contributed by atoms with Gasteiger partial charge in [-0.05, 0) is 53.7 Å². The number of halogens is 3. The molecule has 0 atom stereocenters. The van der Waals surface area contributed by atoms with Gasteiger partial charge >= 0.3 is 6.47 Å². The second-order valence-electron chi connectivity index (χ2n) is 0.939. The fourth-order valence-electron chi connectivity index (χ4n) is 0.111. The highest BCUT2D eigenvalue weighted by Crippen LogP contribution is 2.31. The van der Waals surface area contributed by atoms with Gasteiger partial charge in [-0.3, -0.25) is 4.79 Å². The molecule has 0 aliphatic carbocycles. The summed E-state index contributed by atoms with van der Waals surface area (Å²) in [6.07, 6.45) is 2.12. The van der Waals surface area contributed by atoms with Crippen molar-refractivity contribution in [2.45, 2.75) is 2.14 Å². The third-order valence-corrected chi connectivity index (χ3v) is 0.895. The molecule has 0 spiro atoms. The van der Waals surface area contributed by atoms with E-state index in [9.17, 15) is 4.79 Å². The van der Waals surface area contributed by atoms with Gasteiger partial charge < -0.3 is 4.74 Å². The fraction of sp³-hybridized carbons (Fsp3) is 0.250. The minimum atomic E-state index is -0.657. The molecule has 0 N–H and O–H groups in total. The Morgan fingerprint density at radius 2 is 2.00 bits per heavy atom. The molecule has 0 bridgehead atoms. The van der Waals surface area contributed by atoms with Crippen LogP contribution >= 0.6 is 47.8 Å². The van der Waals surface area contributed by atoms with Crippen molar-refractivity contribution < 1.29 is 9.53 Å². The highest BCUT2D eigenvalue weighted by atomic mass is 80.0. The first-order valence-corrected chi connectivity index (χ1v) is 4.12. The summed E-state index contributed by atoms with van der Waals surface area (Å²) in [5.41, 5.74) is 0. The van der Waals surface area contributed by atoms with E-state index in [4.69, 9.17) is 0 Å². The van der Waals surface area contributed by atoms with Crippen molar-refractivity contribution in [1.29, 1.82) is 0 Å². The van der Waals surface area contributed by atoms with Crippen LogP contribution in [0.4, 0.5) is 0 Å². The predicted octanol–water partition coefficient (Wildman–Crippen LogP) is 1.96. The third kappa shape index (κ3) is 8.47. The molecule has 0 aromatic rings. The molecular weight excluding hydrogens is 320 g/mol. The van der Waals surface area contributed by atoms with Crippen LogP contribution in [0, 0.1) is 12.0 Å². The molecule has 0 rings (SSSR count). The summed E-state index contributed by atoms with van der Waals surface area (Å²) in [5, 5.41) is 0. The Balaban J connectivity index is 3.72. The molecule has 0 aromatic carbocycles. The quantitative estimate of drug-likeness (QED) is 0.419. The molecule has 0 fully saturated rings. The molecule has 0 saturated carbocycles. The normalized spacial score (nSPS) is 9.22. The Labute approximate surface area is 77.7 Å². The first kappa shape index (κ1) is 9.47. The average Bonchev–Trinajstić information content (AvgIpc) is 1.63. The van der Waals surface area contributed by atoms with E-state index >= 15 is 0 Å². The van der Waals surface area contributed by atoms with Crippen molar-refractivity contribution in [3.63, 3.8) is 0 Å². The van der Waals surface area contributed by atoms with Gasteiger partial charge in [-0.1, -0.05) is 0 Å². The predicted molar refractivity (Wildman–Crippen MR) is 44.4 cm³/mol. The Hall–Kier alpha value is 0.470. The van der Waals surface area contributed by atoms with Crippen LogP contribution < -0.4 is 0 Å². The summed E-state index contributed by atoms with van der Waals surface area (Å²) in [6, 6.07) is 0. The second kappa shape index (κ2) is 4.31. The molecule has 0 unspecified atom stereocenters. The van der Waals surface area contributed by atoms with Gasteiger partial charge in [0.15, 0.2) is 2.14 Å². The number of alkyl halides is 3. The molecule has 0 heterocycles. The zero-order chi connectivity index (χ0) is 7.33. The minimum absolute atomic E-state index is 0.256. The lowest BCUT2D eigenvalue weighted by molar-refractivity contribution is -0.122. The lowest BCUT2D eigenvalue weighted by Gasteiger charge is -1.96. The molecule has 0 aliphatic rings. The van der Waals surface area contributed by atoms with Crippen LogP contribution in [0.1, 0.15) is 0 Å². The molecule has 50 valence electrons. The minimum Gasteiger partial charge on any atom is -0.375 e. The zero-order valence-corrected chi connectivity index (χ0v) is 8.79. The molecule has 0 saturated heterocycles. The highest BCUT2D eigenvalue weighted by Gasteiger charge is 2.12. The SMILES string of the molecule is O=COC#CC(Br)(Br)Br. The van der Waals surface area contributed by atoms with Gasteiger partial charge in [0, 0.05) is 0 Å². The Bertz CT molecular complexity index is 149. The number of carbonyl (C=O) groups is 1. The van der Waals surface area contributed by atoms with Crippen molar-refractivity contribution in [3.05, 3.63) is 0 Å². The number of carbonyl (C=O) groups excluding carboxylic acids is 1. The zero-order valence-electron chi connectivity index (χ0n) is 4.03. The lowest BCUT2D eigenvalue weighted by Crippen LogP contribution is -1.92. The average molecular weight is 321 g/mol. The van der Waals surface area contributed by atoms with Crippen LogP contribution in [-0.4, -0.2) is 8.62 Å². The van der Waals surface area contributed by atoms with Gasteiger partial charge in [-0.15, -0.1) is 0 Å². The summed E-state index contributed by atoms with van der Waals surface area (Å²) in [7, 11) is 0. The Kier molecular flexibility index (Phi) is 4.54. The van der Waals surface area contributed by atoms with Crippen LogP contribution in [0.5, 0.6) is 0 Å². The summed E-state index contributed by atoms with van der Waals surface area (Å²) in [6.45, 7) is 0.256. The molecule has 9 heavy (non-hydrogen) atoms. The van der Waals surface area contributed by atoms with Gasteiger partial charge in [-0.2, -0.15) is 0 Å². The summed E-state index contributed by atoms with van der Waals surface area (Å²) < 4.78 is 3.42. The summed E-state index contributed by atoms with van der Waals surface area (Å²) >= 11 is 9.22. The maximum absolute atomic E-state index is 9.52. The van der Waals surface area contributed by atoms with Crippen molar-refractivity contribution in [3.8, 4) is 12.0 Å². The van der Waals surface area contributed by atoms with E-state index in [1.807, 2.05) is 0 Å². The molecule has 0 aromatic heterocycles. The molecule has 2 nitrogen and oxygen atoms in total. The van der Waals surface area contributed by atoms with Crippen LogP contribution in [0.3, 0.4) is 0 Å².